The lowest BCUT2D eigenvalue weighted by Crippen LogP contribution is -2.41. The summed E-state index contributed by atoms with van der Waals surface area (Å²) in [7, 11) is 1.65. The number of aromatic nitrogens is 2. The van der Waals surface area contributed by atoms with E-state index in [4.69, 9.17) is 10.8 Å². The first-order valence-electron chi connectivity index (χ1n) is 5.40. The highest BCUT2D eigenvalue weighted by Gasteiger charge is 2.18. The molecule has 1 aromatic rings. The second kappa shape index (κ2) is 5.05. The molecule has 0 aliphatic carbocycles. The Morgan fingerprint density at radius 2 is 2.12 bits per heavy atom. The number of rotatable bonds is 4. The quantitative estimate of drug-likeness (QED) is 0.625. The molecule has 0 aromatic carbocycles. The Morgan fingerprint density at radius 3 is 2.59 bits per heavy atom. The van der Waals surface area contributed by atoms with Gasteiger partial charge in [0.2, 0.25) is 0 Å². The highest BCUT2D eigenvalue weighted by molar-refractivity contribution is 5.62. The van der Waals surface area contributed by atoms with Gasteiger partial charge >= 0.3 is 5.69 Å². The van der Waals surface area contributed by atoms with Crippen molar-refractivity contribution in [1.29, 1.82) is 0 Å². The molecule has 4 N–H and O–H groups in total. The summed E-state index contributed by atoms with van der Waals surface area (Å²) in [5.74, 6) is 0.115. The Morgan fingerprint density at radius 1 is 1.53 bits per heavy atom. The molecule has 7 nitrogen and oxygen atoms in total. The lowest BCUT2D eigenvalue weighted by atomic mass is 10.3. The van der Waals surface area contributed by atoms with Crippen LogP contribution in [0.4, 0.5) is 11.5 Å². The van der Waals surface area contributed by atoms with E-state index >= 15 is 0 Å². The molecule has 0 bridgehead atoms. The van der Waals surface area contributed by atoms with Crippen LogP contribution in [0.15, 0.2) is 9.59 Å². The Labute approximate surface area is 98.5 Å². The molecule has 1 aromatic heterocycles. The topological polar surface area (TPSA) is 104 Å². The molecule has 96 valence electrons. The fourth-order valence-electron chi connectivity index (χ4n) is 1.58. The zero-order chi connectivity index (χ0) is 13.2. The van der Waals surface area contributed by atoms with Crippen molar-refractivity contribution in [2.45, 2.75) is 26.4 Å². The molecule has 1 atom stereocenters. The number of nitrogens with two attached hydrogens (primary N) is 1. The zero-order valence-corrected chi connectivity index (χ0v) is 10.2. The number of aromatic amines is 1. The normalized spacial score (nSPS) is 12.5. The van der Waals surface area contributed by atoms with Gasteiger partial charge in [-0.15, -0.1) is 0 Å². The third-order valence-corrected chi connectivity index (χ3v) is 2.81. The van der Waals surface area contributed by atoms with Crippen molar-refractivity contribution in [2.75, 3.05) is 24.3 Å². The predicted molar refractivity (Wildman–Crippen MR) is 66.4 cm³/mol. The van der Waals surface area contributed by atoms with E-state index in [1.54, 1.807) is 25.8 Å². The molecule has 7 heteroatoms. The number of nitrogens with one attached hydrogen (secondary N) is 1. The first-order chi connectivity index (χ1) is 7.93. The van der Waals surface area contributed by atoms with Crippen LogP contribution in [0, 0.1) is 0 Å². The molecule has 0 saturated heterocycles. The number of likely N-dealkylation sites (N-methyl/N-ethyl adjacent to an activating group) is 1. The van der Waals surface area contributed by atoms with Gasteiger partial charge in [-0.25, -0.2) is 4.79 Å². The maximum absolute atomic E-state index is 11.7. The van der Waals surface area contributed by atoms with Crippen LogP contribution in [0.5, 0.6) is 0 Å². The summed E-state index contributed by atoms with van der Waals surface area (Å²) < 4.78 is 1.28. The van der Waals surface area contributed by atoms with E-state index in [1.165, 1.54) is 4.57 Å². The van der Waals surface area contributed by atoms with Crippen molar-refractivity contribution in [1.82, 2.24) is 9.55 Å². The van der Waals surface area contributed by atoms with Gasteiger partial charge in [0.05, 0.1) is 6.61 Å². The fraction of sp³-hybridized carbons (Fsp3) is 0.600. The monoisotopic (exact) mass is 242 g/mol. The van der Waals surface area contributed by atoms with Crippen LogP contribution >= 0.6 is 0 Å². The van der Waals surface area contributed by atoms with E-state index in [0.717, 1.165) is 0 Å². The maximum atomic E-state index is 11.7. The summed E-state index contributed by atoms with van der Waals surface area (Å²) in [4.78, 5) is 26.9. The van der Waals surface area contributed by atoms with Crippen LogP contribution < -0.4 is 21.9 Å². The molecule has 1 unspecified atom stereocenters. The smallest absolute Gasteiger partial charge is 0.330 e. The van der Waals surface area contributed by atoms with Crippen molar-refractivity contribution >= 4 is 11.5 Å². The van der Waals surface area contributed by atoms with Crippen molar-refractivity contribution in [3.8, 4) is 0 Å². The minimum atomic E-state index is -0.542. The summed E-state index contributed by atoms with van der Waals surface area (Å²) in [6.07, 6.45) is 0. The molecule has 0 amide bonds. The maximum Gasteiger partial charge on any atom is 0.330 e. The van der Waals surface area contributed by atoms with Crippen molar-refractivity contribution in [3.63, 3.8) is 0 Å². The van der Waals surface area contributed by atoms with Crippen LogP contribution in [0.3, 0.4) is 0 Å². The van der Waals surface area contributed by atoms with Gasteiger partial charge in [0.1, 0.15) is 11.5 Å². The summed E-state index contributed by atoms with van der Waals surface area (Å²) >= 11 is 0. The highest BCUT2D eigenvalue weighted by Crippen LogP contribution is 2.16. The lowest BCUT2D eigenvalue weighted by Gasteiger charge is -2.26. The molecule has 0 saturated carbocycles. The molecule has 17 heavy (non-hydrogen) atoms. The van der Waals surface area contributed by atoms with E-state index in [0.29, 0.717) is 6.54 Å². The SMILES string of the molecule is CCn1c(N)c(N(C)C(C)CO)c(=O)[nH]c1=O. The second-order valence-electron chi connectivity index (χ2n) is 3.88. The van der Waals surface area contributed by atoms with Gasteiger partial charge in [-0.1, -0.05) is 0 Å². The molecular weight excluding hydrogens is 224 g/mol. The van der Waals surface area contributed by atoms with Gasteiger partial charge < -0.3 is 15.7 Å². The van der Waals surface area contributed by atoms with E-state index in [1.807, 2.05) is 0 Å². The van der Waals surface area contributed by atoms with Gasteiger partial charge in [0.15, 0.2) is 0 Å². The Balaban J connectivity index is 3.44. The average Bonchev–Trinajstić information content (AvgIpc) is 2.27. The molecule has 0 radical (unpaired) electrons. The molecule has 0 aliphatic rings. The number of aliphatic hydroxyl groups excluding tert-OH is 1. The zero-order valence-electron chi connectivity index (χ0n) is 10.2. The predicted octanol–water partition coefficient (Wildman–Crippen LogP) is -1.04. The van der Waals surface area contributed by atoms with Gasteiger partial charge in [-0.05, 0) is 13.8 Å². The third kappa shape index (κ3) is 2.33. The first-order valence-corrected chi connectivity index (χ1v) is 5.40. The summed E-state index contributed by atoms with van der Waals surface area (Å²) in [6.45, 7) is 3.77. The summed E-state index contributed by atoms with van der Waals surface area (Å²) in [5, 5.41) is 9.07. The number of aliphatic hydroxyl groups is 1. The van der Waals surface area contributed by atoms with Crippen molar-refractivity contribution in [2.24, 2.45) is 0 Å². The number of H-pyrrole nitrogens is 1. The van der Waals surface area contributed by atoms with Crippen LogP contribution in [0.25, 0.3) is 0 Å². The molecule has 0 spiro atoms. The molecular formula is C10H18N4O3. The Kier molecular flexibility index (Phi) is 3.95. The van der Waals surface area contributed by atoms with Crippen molar-refractivity contribution < 1.29 is 5.11 Å². The minimum absolute atomic E-state index is 0.110. The van der Waals surface area contributed by atoms with Gasteiger partial charge in [0, 0.05) is 19.6 Å². The first kappa shape index (κ1) is 13.3. The van der Waals surface area contributed by atoms with E-state index in [2.05, 4.69) is 4.98 Å². The van der Waals surface area contributed by atoms with E-state index in [-0.39, 0.29) is 24.2 Å². The summed E-state index contributed by atoms with van der Waals surface area (Å²) in [5.41, 5.74) is 4.94. The van der Waals surface area contributed by atoms with Crippen LogP contribution in [0.1, 0.15) is 13.8 Å². The summed E-state index contributed by atoms with van der Waals surface area (Å²) in [6, 6.07) is -0.263. The van der Waals surface area contributed by atoms with Crippen molar-refractivity contribution in [3.05, 3.63) is 20.8 Å². The fourth-order valence-corrected chi connectivity index (χ4v) is 1.58. The van der Waals surface area contributed by atoms with Gasteiger partial charge in [-0.3, -0.25) is 14.3 Å². The number of anilines is 2. The van der Waals surface area contributed by atoms with Gasteiger partial charge in [-0.2, -0.15) is 0 Å². The molecule has 0 aliphatic heterocycles. The van der Waals surface area contributed by atoms with Crippen LogP contribution in [-0.2, 0) is 6.54 Å². The van der Waals surface area contributed by atoms with Gasteiger partial charge in [0.25, 0.3) is 5.56 Å². The van der Waals surface area contributed by atoms with Crippen LogP contribution in [0.2, 0.25) is 0 Å². The lowest BCUT2D eigenvalue weighted by molar-refractivity contribution is 0.270. The highest BCUT2D eigenvalue weighted by atomic mass is 16.3. The van der Waals surface area contributed by atoms with E-state index in [9.17, 15) is 9.59 Å². The number of nitrogens with zero attached hydrogens (tertiary/aromatic N) is 2. The number of nitrogen functional groups attached to an aromatic ring is 1. The average molecular weight is 242 g/mol. The molecule has 1 rings (SSSR count). The third-order valence-electron chi connectivity index (χ3n) is 2.81. The second-order valence-corrected chi connectivity index (χ2v) is 3.88. The van der Waals surface area contributed by atoms with Crippen LogP contribution in [-0.4, -0.2) is 34.4 Å². The standard InChI is InChI=1S/C10H18N4O3/c1-4-14-8(11)7(9(16)12-10(14)17)13(3)6(2)5-15/h6,15H,4-5,11H2,1-3H3,(H,12,16,17). The largest absolute Gasteiger partial charge is 0.394 e. The number of hydrogen-bond acceptors (Lipinski definition) is 5. The molecule has 0 fully saturated rings. The number of hydrogen-bond donors (Lipinski definition) is 3. The van der Waals surface area contributed by atoms with E-state index < -0.39 is 11.2 Å². The Bertz CT molecular complexity index is 505. The Hall–Kier alpha value is -1.76. The minimum Gasteiger partial charge on any atom is -0.394 e. The molecule has 1 heterocycles.